The van der Waals surface area contributed by atoms with Crippen molar-refractivity contribution in [1.29, 1.82) is 0 Å². The zero-order chi connectivity index (χ0) is 25.9. The molecule has 9 heteroatoms. The minimum Gasteiger partial charge on any atom is -0.495 e. The van der Waals surface area contributed by atoms with Crippen LogP contribution in [-0.4, -0.2) is 29.1 Å². The lowest BCUT2D eigenvalue weighted by atomic mass is 10.0. The van der Waals surface area contributed by atoms with Crippen molar-refractivity contribution >= 4 is 34.3 Å². The third-order valence-corrected chi connectivity index (χ3v) is 5.76. The van der Waals surface area contributed by atoms with Crippen LogP contribution in [0.25, 0.3) is 22.4 Å². The van der Waals surface area contributed by atoms with Gasteiger partial charge in [-0.2, -0.15) is 0 Å². The zero-order valence-electron chi connectivity index (χ0n) is 19.9. The van der Waals surface area contributed by atoms with Crippen molar-refractivity contribution in [2.45, 2.75) is 6.92 Å². The van der Waals surface area contributed by atoms with Gasteiger partial charge < -0.3 is 19.9 Å². The number of amides is 2. The number of carbonyl (C=O) groups excluding carboxylic acids is 2. The Bertz CT molecular complexity index is 1610. The maximum absolute atomic E-state index is 13.4. The maximum Gasteiger partial charge on any atom is 0.259 e. The van der Waals surface area contributed by atoms with E-state index >= 15 is 0 Å². The van der Waals surface area contributed by atoms with Crippen molar-refractivity contribution in [3.63, 3.8) is 0 Å². The lowest BCUT2D eigenvalue weighted by Crippen LogP contribution is -2.14. The number of ether oxygens (including phenoxy) is 1. The fourth-order valence-electron chi connectivity index (χ4n) is 3.89. The zero-order valence-corrected chi connectivity index (χ0v) is 19.9. The van der Waals surface area contributed by atoms with Crippen LogP contribution in [0.15, 0.2) is 83.4 Å². The molecule has 0 aliphatic rings. The van der Waals surface area contributed by atoms with Crippen molar-refractivity contribution < 1.29 is 23.2 Å². The molecular weight excluding hydrogens is 475 g/mol. The molecule has 2 aromatic heterocycles. The molecule has 0 fully saturated rings. The van der Waals surface area contributed by atoms with Gasteiger partial charge in [-0.25, -0.2) is 9.37 Å². The molecule has 3 aromatic carbocycles. The minimum atomic E-state index is -0.409. The van der Waals surface area contributed by atoms with E-state index in [0.29, 0.717) is 50.6 Å². The molecule has 0 saturated carbocycles. The summed E-state index contributed by atoms with van der Waals surface area (Å²) in [7, 11) is 1.53. The Kier molecular flexibility index (Phi) is 6.34. The number of nitrogens with one attached hydrogen (secondary N) is 2. The van der Waals surface area contributed by atoms with Crippen LogP contribution in [0.4, 0.5) is 15.8 Å². The third kappa shape index (κ3) is 4.87. The highest BCUT2D eigenvalue weighted by Gasteiger charge is 2.20. The lowest BCUT2D eigenvalue weighted by Gasteiger charge is -2.11. The van der Waals surface area contributed by atoms with Crippen molar-refractivity contribution in [3.05, 3.63) is 102 Å². The molecule has 0 radical (unpaired) electrons. The third-order valence-electron chi connectivity index (χ3n) is 5.76. The molecular formula is C28H21FN4O4. The normalized spacial score (nSPS) is 10.8. The van der Waals surface area contributed by atoms with Crippen LogP contribution in [-0.2, 0) is 0 Å². The van der Waals surface area contributed by atoms with E-state index in [1.54, 1.807) is 67.6 Å². The summed E-state index contributed by atoms with van der Waals surface area (Å²) >= 11 is 0. The Morgan fingerprint density at radius 2 is 1.65 bits per heavy atom. The lowest BCUT2D eigenvalue weighted by molar-refractivity contribution is 0.102. The molecule has 0 unspecified atom stereocenters. The number of hydrogen-bond acceptors (Lipinski definition) is 6. The summed E-state index contributed by atoms with van der Waals surface area (Å²) in [6.45, 7) is 1.72. The molecule has 0 saturated heterocycles. The predicted octanol–water partition coefficient (Wildman–Crippen LogP) is 5.85. The van der Waals surface area contributed by atoms with Gasteiger partial charge in [0.25, 0.3) is 17.5 Å². The van der Waals surface area contributed by atoms with Gasteiger partial charge in [-0.1, -0.05) is 17.3 Å². The predicted molar refractivity (Wildman–Crippen MR) is 137 cm³/mol. The number of rotatable bonds is 6. The molecule has 0 aliphatic heterocycles. The number of hydrogen-bond donors (Lipinski definition) is 2. The summed E-state index contributed by atoms with van der Waals surface area (Å²) in [5.41, 5.74) is 3.53. The quantitative estimate of drug-likeness (QED) is 0.305. The number of methoxy groups -OCH3 is 1. The van der Waals surface area contributed by atoms with Crippen LogP contribution in [0.1, 0.15) is 26.4 Å². The van der Waals surface area contributed by atoms with Crippen molar-refractivity contribution in [2.75, 3.05) is 17.7 Å². The first-order valence-electron chi connectivity index (χ1n) is 11.3. The molecule has 0 spiro atoms. The van der Waals surface area contributed by atoms with Gasteiger partial charge in [0.15, 0.2) is 0 Å². The van der Waals surface area contributed by atoms with Gasteiger partial charge >= 0.3 is 0 Å². The topological polar surface area (TPSA) is 106 Å². The van der Waals surface area contributed by atoms with Crippen molar-refractivity contribution in [2.24, 2.45) is 0 Å². The summed E-state index contributed by atoms with van der Waals surface area (Å²) in [5, 5.41) is 10.1. The van der Waals surface area contributed by atoms with Crippen LogP contribution in [0.3, 0.4) is 0 Å². The molecule has 2 N–H and O–H groups in total. The monoisotopic (exact) mass is 496 g/mol. The van der Waals surface area contributed by atoms with Gasteiger partial charge in [0.2, 0.25) is 0 Å². The van der Waals surface area contributed by atoms with Gasteiger partial charge in [-0.15, -0.1) is 0 Å². The number of benzene rings is 3. The number of fused-ring (bicyclic) bond motifs is 1. The number of para-hydroxylation sites is 2. The Hall–Kier alpha value is -5.05. The van der Waals surface area contributed by atoms with E-state index in [9.17, 15) is 14.0 Å². The summed E-state index contributed by atoms with van der Waals surface area (Å²) in [6, 6.07) is 21.0. The molecule has 0 atom stereocenters. The fourth-order valence-corrected chi connectivity index (χ4v) is 3.89. The Morgan fingerprint density at radius 1 is 0.919 bits per heavy atom. The first-order chi connectivity index (χ1) is 17.9. The van der Waals surface area contributed by atoms with E-state index in [1.165, 1.54) is 19.2 Å². The Morgan fingerprint density at radius 3 is 2.38 bits per heavy atom. The van der Waals surface area contributed by atoms with E-state index in [2.05, 4.69) is 20.8 Å². The first kappa shape index (κ1) is 23.7. The fraction of sp³-hybridized carbons (Fsp3) is 0.0714. The highest BCUT2D eigenvalue weighted by atomic mass is 19.1. The minimum absolute atomic E-state index is 0.202. The highest BCUT2D eigenvalue weighted by Crippen LogP contribution is 2.28. The van der Waals surface area contributed by atoms with E-state index in [1.807, 2.05) is 6.07 Å². The van der Waals surface area contributed by atoms with Gasteiger partial charge in [-0.3, -0.25) is 9.59 Å². The molecule has 0 bridgehead atoms. The largest absolute Gasteiger partial charge is 0.495 e. The first-order valence-corrected chi connectivity index (χ1v) is 11.3. The smallest absolute Gasteiger partial charge is 0.259 e. The number of pyridine rings is 1. The van der Waals surface area contributed by atoms with E-state index < -0.39 is 5.91 Å². The van der Waals surface area contributed by atoms with E-state index in [-0.39, 0.29) is 17.4 Å². The van der Waals surface area contributed by atoms with Gasteiger partial charge in [0.05, 0.1) is 35.1 Å². The van der Waals surface area contributed by atoms with E-state index in [0.717, 1.165) is 0 Å². The summed E-state index contributed by atoms with van der Waals surface area (Å²) in [5.74, 6) is -0.554. The van der Waals surface area contributed by atoms with Gasteiger partial charge in [0, 0.05) is 16.8 Å². The number of carbonyl (C=O) groups is 2. The molecule has 37 heavy (non-hydrogen) atoms. The van der Waals surface area contributed by atoms with Crippen LogP contribution < -0.4 is 15.4 Å². The average molecular weight is 496 g/mol. The number of halogens is 1. The summed E-state index contributed by atoms with van der Waals surface area (Å²) in [4.78, 5) is 30.4. The number of nitrogens with zero attached hydrogens (tertiary/aromatic N) is 2. The van der Waals surface area contributed by atoms with Gasteiger partial charge in [-0.05, 0) is 73.7 Å². The molecule has 5 aromatic rings. The molecule has 184 valence electrons. The number of aromatic nitrogens is 2. The van der Waals surface area contributed by atoms with Crippen molar-refractivity contribution in [1.82, 2.24) is 10.1 Å². The molecule has 2 heterocycles. The number of aryl methyl sites for hydroxylation is 1. The highest BCUT2D eigenvalue weighted by molar-refractivity contribution is 6.13. The molecule has 0 aliphatic carbocycles. The van der Waals surface area contributed by atoms with Crippen LogP contribution >= 0.6 is 0 Å². The van der Waals surface area contributed by atoms with Crippen LogP contribution in [0.2, 0.25) is 0 Å². The van der Waals surface area contributed by atoms with Crippen molar-refractivity contribution in [3.8, 4) is 17.0 Å². The SMILES string of the molecule is COc1ccccc1NC(=O)c1ccc(NC(=O)c2cc(-c3ccc(F)cc3)nc3onc(C)c23)cc1. The standard InChI is InChI=1S/C28H21FN4O4/c1-16-25-21(15-23(32-28(25)37-33-16)17-7-11-19(29)12-8-17)27(35)30-20-13-9-18(10-14-20)26(34)31-22-5-3-4-6-24(22)36-2/h3-15H,1-2H3,(H,30,35)(H,31,34). The number of anilines is 2. The summed E-state index contributed by atoms with van der Waals surface area (Å²) in [6.07, 6.45) is 0. The molecule has 2 amide bonds. The molecule has 5 rings (SSSR count). The second-order valence-corrected chi connectivity index (χ2v) is 8.20. The Balaban J connectivity index is 1.38. The molecule has 8 nitrogen and oxygen atoms in total. The summed E-state index contributed by atoms with van der Waals surface area (Å²) < 4.78 is 24.0. The van der Waals surface area contributed by atoms with Gasteiger partial charge in [0.1, 0.15) is 11.6 Å². The van der Waals surface area contributed by atoms with E-state index in [4.69, 9.17) is 9.26 Å². The Labute approximate surface area is 211 Å². The maximum atomic E-state index is 13.4. The van der Waals surface area contributed by atoms with Crippen LogP contribution in [0.5, 0.6) is 5.75 Å². The van der Waals surface area contributed by atoms with Crippen LogP contribution in [0, 0.1) is 12.7 Å². The second kappa shape index (κ2) is 9.90. The second-order valence-electron chi connectivity index (χ2n) is 8.20. The average Bonchev–Trinajstić information content (AvgIpc) is 3.29.